The van der Waals surface area contributed by atoms with E-state index in [4.69, 9.17) is 4.74 Å². The van der Waals surface area contributed by atoms with Gasteiger partial charge in [0.2, 0.25) is 5.91 Å². The van der Waals surface area contributed by atoms with Crippen LogP contribution in [-0.4, -0.2) is 55.6 Å². The van der Waals surface area contributed by atoms with E-state index in [0.717, 1.165) is 58.2 Å². The fraction of sp³-hybridized carbons (Fsp3) is 0.762. The van der Waals surface area contributed by atoms with E-state index >= 15 is 0 Å². The van der Waals surface area contributed by atoms with Crippen LogP contribution in [0.15, 0.2) is 17.5 Å². The lowest BCUT2D eigenvalue weighted by molar-refractivity contribution is -0.128. The minimum absolute atomic E-state index is 0.160. The van der Waals surface area contributed by atoms with Crippen molar-refractivity contribution in [3.8, 4) is 0 Å². The van der Waals surface area contributed by atoms with E-state index in [9.17, 15) is 4.79 Å². The van der Waals surface area contributed by atoms with Crippen LogP contribution in [0.3, 0.4) is 0 Å². The number of ether oxygens (including phenoxy) is 1. The summed E-state index contributed by atoms with van der Waals surface area (Å²) in [7, 11) is 4.43. The molecule has 1 saturated carbocycles. The van der Waals surface area contributed by atoms with Crippen LogP contribution >= 0.6 is 11.3 Å². The molecule has 2 saturated heterocycles. The molecule has 1 aromatic rings. The molecule has 144 valence electrons. The van der Waals surface area contributed by atoms with Crippen LogP contribution in [0, 0.1) is 5.41 Å². The molecule has 0 radical (unpaired) electrons. The molecule has 3 heterocycles. The summed E-state index contributed by atoms with van der Waals surface area (Å²) in [5.41, 5.74) is 0.373. The lowest BCUT2D eigenvalue weighted by Gasteiger charge is -2.48. The number of hydrogen-bond acceptors (Lipinski definition) is 4. The number of carbonyl (C=O) groups excluding carboxylic acids is 1. The van der Waals surface area contributed by atoms with Gasteiger partial charge >= 0.3 is 0 Å². The standard InChI is InChI=1S/C21H32N2O2S/c1-22(2)21(18-6-4-14-26-18)10-8-20(9-11-21)15-19(24)23(16-20)12-7-17-5-3-13-25-17/h4,6,14,17H,3,5,7-13,15-16H2,1-2H3. The summed E-state index contributed by atoms with van der Waals surface area (Å²) in [5.74, 6) is 0.372. The molecule has 0 N–H and O–H groups in total. The van der Waals surface area contributed by atoms with Crippen LogP contribution in [0.5, 0.6) is 0 Å². The maximum absolute atomic E-state index is 12.7. The summed E-state index contributed by atoms with van der Waals surface area (Å²) in [5, 5.41) is 2.19. The Morgan fingerprint density at radius 1 is 1.31 bits per heavy atom. The second-order valence-electron chi connectivity index (χ2n) is 8.82. The van der Waals surface area contributed by atoms with Gasteiger partial charge in [-0.2, -0.15) is 0 Å². The van der Waals surface area contributed by atoms with Gasteiger partial charge in [-0.15, -0.1) is 11.3 Å². The number of amides is 1. The number of thiophene rings is 1. The van der Waals surface area contributed by atoms with E-state index in [-0.39, 0.29) is 11.0 Å². The molecule has 5 heteroatoms. The zero-order chi connectivity index (χ0) is 18.2. The molecule has 2 aliphatic heterocycles. The van der Waals surface area contributed by atoms with Gasteiger partial charge in [0.1, 0.15) is 0 Å². The van der Waals surface area contributed by atoms with Gasteiger partial charge in [-0.1, -0.05) is 6.07 Å². The molecule has 4 nitrogen and oxygen atoms in total. The Hall–Kier alpha value is -0.910. The lowest BCUT2D eigenvalue weighted by atomic mass is 9.66. The number of carbonyl (C=O) groups is 1. The number of likely N-dealkylation sites (tertiary alicyclic amines) is 1. The van der Waals surface area contributed by atoms with Crippen molar-refractivity contribution in [2.75, 3.05) is 33.8 Å². The zero-order valence-corrected chi connectivity index (χ0v) is 17.0. The molecule has 0 aromatic carbocycles. The molecule has 26 heavy (non-hydrogen) atoms. The molecule has 1 unspecified atom stereocenters. The van der Waals surface area contributed by atoms with Crippen LogP contribution in [0.1, 0.15) is 56.2 Å². The highest BCUT2D eigenvalue weighted by Crippen LogP contribution is 2.52. The van der Waals surface area contributed by atoms with Gasteiger partial charge in [-0.25, -0.2) is 0 Å². The van der Waals surface area contributed by atoms with Gasteiger partial charge in [-0.3, -0.25) is 9.69 Å². The topological polar surface area (TPSA) is 32.8 Å². The number of hydrogen-bond donors (Lipinski definition) is 0. The number of nitrogens with zero attached hydrogens (tertiary/aromatic N) is 2. The highest BCUT2D eigenvalue weighted by Gasteiger charge is 2.50. The van der Waals surface area contributed by atoms with E-state index in [1.54, 1.807) is 0 Å². The van der Waals surface area contributed by atoms with Crippen molar-refractivity contribution >= 4 is 17.2 Å². The van der Waals surface area contributed by atoms with Crippen molar-refractivity contribution in [3.63, 3.8) is 0 Å². The summed E-state index contributed by atoms with van der Waals surface area (Å²) < 4.78 is 5.74. The molecule has 0 bridgehead atoms. The minimum atomic E-state index is 0.160. The Bertz CT molecular complexity index is 614. The highest BCUT2D eigenvalue weighted by atomic mass is 32.1. The first-order chi connectivity index (χ1) is 12.5. The highest BCUT2D eigenvalue weighted by molar-refractivity contribution is 7.10. The van der Waals surface area contributed by atoms with Crippen molar-refractivity contribution in [2.45, 2.75) is 63.0 Å². The average molecular weight is 377 g/mol. The van der Waals surface area contributed by atoms with Crippen LogP contribution in [0.25, 0.3) is 0 Å². The second kappa shape index (κ2) is 7.25. The van der Waals surface area contributed by atoms with E-state index in [2.05, 4.69) is 41.4 Å². The van der Waals surface area contributed by atoms with Crippen LogP contribution in [0.2, 0.25) is 0 Å². The van der Waals surface area contributed by atoms with Gasteiger partial charge in [0.25, 0.3) is 0 Å². The monoisotopic (exact) mass is 376 g/mol. The molecule has 1 atom stereocenters. The van der Waals surface area contributed by atoms with E-state index in [1.165, 1.54) is 17.7 Å². The first-order valence-corrected chi connectivity index (χ1v) is 11.0. The quantitative estimate of drug-likeness (QED) is 0.782. The summed E-state index contributed by atoms with van der Waals surface area (Å²) in [6.45, 7) is 2.75. The fourth-order valence-electron chi connectivity index (χ4n) is 5.34. The molecule has 1 spiro atoms. The smallest absolute Gasteiger partial charge is 0.223 e. The van der Waals surface area contributed by atoms with Crippen molar-refractivity contribution in [2.24, 2.45) is 5.41 Å². The lowest BCUT2D eigenvalue weighted by Crippen LogP contribution is -2.47. The Morgan fingerprint density at radius 3 is 2.73 bits per heavy atom. The molecule has 1 aromatic heterocycles. The van der Waals surface area contributed by atoms with Crippen molar-refractivity contribution < 1.29 is 9.53 Å². The van der Waals surface area contributed by atoms with E-state index in [0.29, 0.717) is 12.0 Å². The van der Waals surface area contributed by atoms with Gasteiger partial charge in [0, 0.05) is 31.0 Å². The Morgan fingerprint density at radius 2 is 2.12 bits per heavy atom. The Labute approximate surface area is 161 Å². The van der Waals surface area contributed by atoms with E-state index in [1.807, 2.05) is 11.3 Å². The molecule has 1 aliphatic carbocycles. The predicted molar refractivity (Wildman–Crippen MR) is 105 cm³/mol. The minimum Gasteiger partial charge on any atom is -0.378 e. The molecule has 1 amide bonds. The first-order valence-electron chi connectivity index (χ1n) is 10.1. The maximum atomic E-state index is 12.7. The average Bonchev–Trinajstić information content (AvgIpc) is 3.36. The summed E-state index contributed by atoms with van der Waals surface area (Å²) in [4.78, 5) is 18.7. The van der Waals surface area contributed by atoms with Crippen LogP contribution < -0.4 is 0 Å². The largest absolute Gasteiger partial charge is 0.378 e. The molecule has 3 fully saturated rings. The fourth-order valence-corrected chi connectivity index (χ4v) is 6.41. The van der Waals surface area contributed by atoms with Crippen molar-refractivity contribution in [1.82, 2.24) is 9.80 Å². The van der Waals surface area contributed by atoms with Crippen molar-refractivity contribution in [3.05, 3.63) is 22.4 Å². The molecular weight excluding hydrogens is 344 g/mol. The maximum Gasteiger partial charge on any atom is 0.223 e. The molecular formula is C21H32N2O2S. The Kier molecular flexibility index (Phi) is 5.15. The van der Waals surface area contributed by atoms with E-state index < -0.39 is 0 Å². The van der Waals surface area contributed by atoms with Gasteiger partial charge < -0.3 is 9.64 Å². The Balaban J connectivity index is 1.39. The van der Waals surface area contributed by atoms with Crippen molar-refractivity contribution in [1.29, 1.82) is 0 Å². The summed E-state index contributed by atoms with van der Waals surface area (Å²) >= 11 is 1.88. The van der Waals surface area contributed by atoms with Gasteiger partial charge in [0.05, 0.1) is 11.6 Å². The second-order valence-corrected chi connectivity index (χ2v) is 9.77. The normalized spacial score (nSPS) is 35.1. The van der Waals surface area contributed by atoms with Crippen LogP contribution in [-0.2, 0) is 15.1 Å². The third-order valence-electron chi connectivity index (χ3n) is 7.12. The predicted octanol–water partition coefficient (Wildman–Crippen LogP) is 3.87. The third kappa shape index (κ3) is 3.34. The van der Waals surface area contributed by atoms with Crippen LogP contribution in [0.4, 0.5) is 0 Å². The molecule has 4 rings (SSSR count). The summed E-state index contributed by atoms with van der Waals surface area (Å²) in [6.07, 6.45) is 9.13. The molecule has 3 aliphatic rings. The first kappa shape index (κ1) is 18.5. The third-order valence-corrected chi connectivity index (χ3v) is 8.19. The van der Waals surface area contributed by atoms with Gasteiger partial charge in [-0.05, 0) is 75.9 Å². The van der Waals surface area contributed by atoms with Gasteiger partial charge in [0.15, 0.2) is 0 Å². The SMILES string of the molecule is CN(C)C1(c2cccs2)CCC2(CC1)CC(=O)N(CCC1CCCO1)C2. The number of rotatable bonds is 5. The summed E-state index contributed by atoms with van der Waals surface area (Å²) in [6, 6.07) is 4.46. The zero-order valence-electron chi connectivity index (χ0n) is 16.2.